The highest BCUT2D eigenvalue weighted by atomic mass is 16.5. The zero-order valence-corrected chi connectivity index (χ0v) is 15.4. The minimum absolute atomic E-state index is 0.250. The van der Waals surface area contributed by atoms with Crippen molar-refractivity contribution in [2.24, 2.45) is 5.92 Å². The molecule has 1 aliphatic heterocycles. The molecule has 2 rings (SSSR count). The third-order valence-electron chi connectivity index (χ3n) is 5.17. The zero-order chi connectivity index (χ0) is 17.2. The molecule has 0 aliphatic carbocycles. The number of rotatable bonds is 10. The van der Waals surface area contributed by atoms with Gasteiger partial charge in [-0.15, -0.1) is 0 Å². The minimum atomic E-state index is 0.250. The number of carbonyl (C=O) groups is 1. The fourth-order valence-electron chi connectivity index (χ4n) is 3.66. The van der Waals surface area contributed by atoms with Crippen LogP contribution in [0.2, 0.25) is 0 Å². The standard InChI is InChI=1S/C21H33NO2/c1-3-4-8-18-12-15-22(16-13-18)14-7-11-21(23)20-10-6-5-9-19(20)17-24-2/h5-6,9-10,18H,3-4,7-8,11-17H2,1-2H3. The van der Waals surface area contributed by atoms with Crippen LogP contribution in [-0.4, -0.2) is 37.4 Å². The molecule has 0 spiro atoms. The van der Waals surface area contributed by atoms with E-state index >= 15 is 0 Å². The number of hydrogen-bond donors (Lipinski definition) is 0. The Morgan fingerprint density at radius 1 is 1.21 bits per heavy atom. The highest BCUT2D eigenvalue weighted by Gasteiger charge is 2.19. The molecule has 0 atom stereocenters. The van der Waals surface area contributed by atoms with Crippen LogP contribution in [0.5, 0.6) is 0 Å². The van der Waals surface area contributed by atoms with E-state index in [1.54, 1.807) is 7.11 Å². The SMILES string of the molecule is CCCCC1CCN(CCCC(=O)c2ccccc2COC)CC1. The summed E-state index contributed by atoms with van der Waals surface area (Å²) >= 11 is 0. The fraction of sp³-hybridized carbons (Fsp3) is 0.667. The molecular formula is C21H33NO2. The number of ether oxygens (including phenoxy) is 1. The van der Waals surface area contributed by atoms with Crippen LogP contribution in [0.1, 0.15) is 67.8 Å². The van der Waals surface area contributed by atoms with Gasteiger partial charge in [-0.25, -0.2) is 0 Å². The second kappa shape index (κ2) is 10.6. The molecule has 0 saturated carbocycles. The van der Waals surface area contributed by atoms with Gasteiger partial charge in [0.1, 0.15) is 0 Å². The van der Waals surface area contributed by atoms with Gasteiger partial charge in [-0.2, -0.15) is 0 Å². The molecule has 1 aromatic rings. The van der Waals surface area contributed by atoms with Crippen LogP contribution in [0, 0.1) is 5.92 Å². The van der Waals surface area contributed by atoms with Gasteiger partial charge in [0.15, 0.2) is 5.78 Å². The first-order valence-corrected chi connectivity index (χ1v) is 9.57. The lowest BCUT2D eigenvalue weighted by Gasteiger charge is -2.31. The van der Waals surface area contributed by atoms with Crippen LogP contribution in [0.3, 0.4) is 0 Å². The lowest BCUT2D eigenvalue weighted by molar-refractivity contribution is 0.0965. The van der Waals surface area contributed by atoms with Gasteiger partial charge >= 0.3 is 0 Å². The van der Waals surface area contributed by atoms with Crippen molar-refractivity contribution < 1.29 is 9.53 Å². The normalized spacial score (nSPS) is 16.4. The van der Waals surface area contributed by atoms with Crippen molar-refractivity contribution >= 4 is 5.78 Å². The Kier molecular flexibility index (Phi) is 8.48. The molecule has 0 unspecified atom stereocenters. The molecule has 134 valence electrons. The maximum Gasteiger partial charge on any atom is 0.163 e. The summed E-state index contributed by atoms with van der Waals surface area (Å²) < 4.78 is 5.20. The van der Waals surface area contributed by atoms with Crippen LogP contribution in [-0.2, 0) is 11.3 Å². The Labute approximate surface area is 147 Å². The monoisotopic (exact) mass is 331 g/mol. The summed E-state index contributed by atoms with van der Waals surface area (Å²) in [5.41, 5.74) is 1.83. The first-order chi connectivity index (χ1) is 11.7. The molecule has 24 heavy (non-hydrogen) atoms. The van der Waals surface area contributed by atoms with Crippen molar-refractivity contribution in [3.8, 4) is 0 Å². The number of methoxy groups -OCH3 is 1. The molecule has 0 amide bonds. The van der Waals surface area contributed by atoms with Gasteiger partial charge in [0.25, 0.3) is 0 Å². The van der Waals surface area contributed by atoms with Crippen LogP contribution in [0.15, 0.2) is 24.3 Å². The summed E-state index contributed by atoms with van der Waals surface area (Å²) in [6.07, 6.45) is 8.36. The van der Waals surface area contributed by atoms with Gasteiger partial charge in [0, 0.05) is 19.1 Å². The molecule has 1 aromatic carbocycles. The van der Waals surface area contributed by atoms with Crippen LogP contribution in [0.4, 0.5) is 0 Å². The van der Waals surface area contributed by atoms with Crippen LogP contribution < -0.4 is 0 Å². The first-order valence-electron chi connectivity index (χ1n) is 9.57. The number of ketones is 1. The average molecular weight is 332 g/mol. The molecule has 0 N–H and O–H groups in total. The van der Waals surface area contributed by atoms with Gasteiger partial charge in [-0.05, 0) is 50.4 Å². The van der Waals surface area contributed by atoms with E-state index in [2.05, 4.69) is 11.8 Å². The maximum absolute atomic E-state index is 12.5. The number of hydrogen-bond acceptors (Lipinski definition) is 3. The Bertz CT molecular complexity index is 492. The quantitative estimate of drug-likeness (QED) is 0.582. The maximum atomic E-state index is 12.5. The van der Waals surface area contributed by atoms with Gasteiger partial charge in [-0.3, -0.25) is 4.79 Å². The minimum Gasteiger partial charge on any atom is -0.380 e. The molecule has 0 aromatic heterocycles. The van der Waals surface area contributed by atoms with E-state index in [1.165, 1.54) is 45.2 Å². The van der Waals surface area contributed by atoms with Crippen molar-refractivity contribution in [1.29, 1.82) is 0 Å². The summed E-state index contributed by atoms with van der Waals surface area (Å²) in [4.78, 5) is 15.0. The lowest BCUT2D eigenvalue weighted by Crippen LogP contribution is -2.34. The largest absolute Gasteiger partial charge is 0.380 e. The number of piperidine rings is 1. The van der Waals surface area contributed by atoms with E-state index in [0.717, 1.165) is 30.0 Å². The number of carbonyl (C=O) groups excluding carboxylic acids is 1. The van der Waals surface area contributed by atoms with Gasteiger partial charge in [0.05, 0.1) is 6.61 Å². The Balaban J connectivity index is 1.70. The van der Waals surface area contributed by atoms with E-state index in [0.29, 0.717) is 13.0 Å². The van der Waals surface area contributed by atoms with E-state index < -0.39 is 0 Å². The summed E-state index contributed by atoms with van der Waals surface area (Å²) in [5, 5.41) is 0. The molecule has 3 heteroatoms. The van der Waals surface area contributed by atoms with Crippen molar-refractivity contribution in [2.45, 2.75) is 58.5 Å². The topological polar surface area (TPSA) is 29.5 Å². The van der Waals surface area contributed by atoms with Crippen LogP contribution >= 0.6 is 0 Å². The summed E-state index contributed by atoms with van der Waals surface area (Å²) in [7, 11) is 1.67. The van der Waals surface area contributed by atoms with Crippen molar-refractivity contribution in [2.75, 3.05) is 26.7 Å². The molecule has 0 radical (unpaired) electrons. The molecule has 0 bridgehead atoms. The zero-order valence-electron chi connectivity index (χ0n) is 15.4. The highest BCUT2D eigenvalue weighted by Crippen LogP contribution is 2.23. The van der Waals surface area contributed by atoms with E-state index in [9.17, 15) is 4.79 Å². The third-order valence-corrected chi connectivity index (χ3v) is 5.17. The molecule has 1 saturated heterocycles. The van der Waals surface area contributed by atoms with Crippen molar-refractivity contribution in [3.05, 3.63) is 35.4 Å². The van der Waals surface area contributed by atoms with Crippen molar-refractivity contribution in [1.82, 2.24) is 4.90 Å². The van der Waals surface area contributed by atoms with E-state index in [4.69, 9.17) is 4.74 Å². The van der Waals surface area contributed by atoms with E-state index in [-0.39, 0.29) is 5.78 Å². The Hall–Kier alpha value is -1.19. The molecule has 3 nitrogen and oxygen atoms in total. The van der Waals surface area contributed by atoms with Crippen molar-refractivity contribution in [3.63, 3.8) is 0 Å². The summed E-state index contributed by atoms with van der Waals surface area (Å²) in [6, 6.07) is 7.81. The second-order valence-corrected chi connectivity index (χ2v) is 7.04. The number of unbranched alkanes of at least 4 members (excludes halogenated alkanes) is 1. The number of Topliss-reactive ketones (excluding diaryl/α,β-unsaturated/α-hetero) is 1. The van der Waals surface area contributed by atoms with Gasteiger partial charge in [0.2, 0.25) is 0 Å². The first kappa shape index (κ1) is 19.1. The fourth-order valence-corrected chi connectivity index (χ4v) is 3.66. The average Bonchev–Trinajstić information content (AvgIpc) is 2.61. The number of likely N-dealkylation sites (tertiary alicyclic amines) is 1. The predicted octanol–water partition coefficient (Wildman–Crippen LogP) is 4.70. The van der Waals surface area contributed by atoms with Gasteiger partial charge in [-0.1, -0.05) is 50.5 Å². The smallest absolute Gasteiger partial charge is 0.163 e. The third kappa shape index (κ3) is 6.03. The summed E-state index contributed by atoms with van der Waals surface area (Å²) in [5.74, 6) is 1.18. The van der Waals surface area contributed by atoms with E-state index in [1.807, 2.05) is 24.3 Å². The molecule has 1 fully saturated rings. The summed E-state index contributed by atoms with van der Waals surface area (Å²) in [6.45, 7) is 6.26. The Morgan fingerprint density at radius 3 is 2.67 bits per heavy atom. The lowest BCUT2D eigenvalue weighted by atomic mass is 9.91. The predicted molar refractivity (Wildman–Crippen MR) is 99.4 cm³/mol. The van der Waals surface area contributed by atoms with Gasteiger partial charge < -0.3 is 9.64 Å². The Morgan fingerprint density at radius 2 is 1.96 bits per heavy atom. The molecular weight excluding hydrogens is 298 g/mol. The molecule has 1 aliphatic rings. The highest BCUT2D eigenvalue weighted by molar-refractivity contribution is 5.97. The number of nitrogens with zero attached hydrogens (tertiary/aromatic N) is 1. The van der Waals surface area contributed by atoms with Crippen LogP contribution in [0.25, 0.3) is 0 Å². The molecule has 1 heterocycles. The number of benzene rings is 1. The second-order valence-electron chi connectivity index (χ2n) is 7.04.